The van der Waals surface area contributed by atoms with E-state index in [9.17, 15) is 9.18 Å². The highest BCUT2D eigenvalue weighted by Crippen LogP contribution is 2.32. The first-order valence-electron chi connectivity index (χ1n) is 12.0. The molecule has 2 heterocycles. The topological polar surface area (TPSA) is 33.2 Å². The summed E-state index contributed by atoms with van der Waals surface area (Å²) in [6.07, 6.45) is -1.09. The van der Waals surface area contributed by atoms with Gasteiger partial charge in [-0.1, -0.05) is 24.6 Å². The highest BCUT2D eigenvalue weighted by molar-refractivity contribution is 6.31. The number of pyridine rings is 1. The molecule has 0 saturated carbocycles. The molecule has 1 aliphatic heterocycles. The fourth-order valence-electron chi connectivity index (χ4n) is 2.95. The number of likely N-dealkylation sites (tertiary alicyclic amines) is 1. The van der Waals surface area contributed by atoms with E-state index in [0.29, 0.717) is 22.6 Å². The van der Waals surface area contributed by atoms with E-state index in [4.69, 9.17) is 19.8 Å². The average molecular weight is 413 g/mol. The van der Waals surface area contributed by atoms with Gasteiger partial charge in [0.1, 0.15) is 11.5 Å². The third kappa shape index (κ3) is 5.07. The maximum absolute atomic E-state index is 15.7. The van der Waals surface area contributed by atoms with Gasteiger partial charge >= 0.3 is 0 Å². The van der Waals surface area contributed by atoms with Crippen molar-refractivity contribution in [2.75, 3.05) is 13.0 Å². The normalized spacial score (nSPS) is 23.5. The lowest BCUT2D eigenvalue weighted by molar-refractivity contribution is 0.0389. The predicted molar refractivity (Wildman–Crippen MR) is 107 cm³/mol. The van der Waals surface area contributed by atoms with Crippen LogP contribution in [-0.2, 0) is 12.8 Å². The van der Waals surface area contributed by atoms with Crippen molar-refractivity contribution < 1.29 is 21.8 Å². The molecule has 0 N–H and O–H groups in total. The van der Waals surface area contributed by atoms with Crippen LogP contribution < -0.4 is 0 Å². The number of rotatable bonds is 6. The van der Waals surface area contributed by atoms with E-state index in [2.05, 4.69) is 4.98 Å². The van der Waals surface area contributed by atoms with Gasteiger partial charge in [0, 0.05) is 38.7 Å². The van der Waals surface area contributed by atoms with E-state index in [1.807, 2.05) is 0 Å². The second kappa shape index (κ2) is 8.99. The summed E-state index contributed by atoms with van der Waals surface area (Å²) in [4.78, 5) is 17.5. The van der Waals surface area contributed by atoms with Crippen LogP contribution in [0, 0.1) is 5.82 Å². The lowest BCUT2D eigenvalue weighted by Crippen LogP contribution is -2.44. The molecule has 0 spiro atoms. The lowest BCUT2D eigenvalue weighted by atomic mass is 9.87. The smallest absolute Gasteiger partial charge is 0.253 e. The molecule has 2 aromatic rings. The summed E-state index contributed by atoms with van der Waals surface area (Å²) in [6, 6.07) is 6.26. The molecule has 0 bridgehead atoms. The second-order valence-corrected chi connectivity index (χ2v) is 7.14. The predicted octanol–water partition coefficient (Wildman–Crippen LogP) is 5.40. The number of hydrogen-bond donors (Lipinski definition) is 0. The zero-order valence-corrected chi connectivity index (χ0v) is 16.2. The van der Waals surface area contributed by atoms with Crippen molar-refractivity contribution in [3.05, 3.63) is 64.2 Å². The summed E-state index contributed by atoms with van der Waals surface area (Å²) >= 11 is 5.71. The number of benzene rings is 1. The minimum atomic E-state index is -2.64. The van der Waals surface area contributed by atoms with Gasteiger partial charge in [0.25, 0.3) is 5.91 Å². The van der Waals surface area contributed by atoms with Crippen LogP contribution in [0.2, 0.25) is 5.02 Å². The maximum Gasteiger partial charge on any atom is 0.253 e. The number of aryl methyl sites for hydroxylation is 2. The standard InChI is InChI=1S/C22H25ClF2N2O/c1-2-16-5-7-18(26-15-16)4-3-9-22(25)10-12-27(13-11-22)21(28)17-6-8-20(24)19(23)14-17/h5-8,14-15H,2-4,9-13H2,1H3/i2D2,12D2,13D2. The van der Waals surface area contributed by atoms with Crippen LogP contribution in [0.4, 0.5) is 8.78 Å². The summed E-state index contributed by atoms with van der Waals surface area (Å²) in [7, 11) is 0. The molecule has 0 unspecified atom stereocenters. The molecular formula is C22H25ClF2N2O. The number of amides is 1. The van der Waals surface area contributed by atoms with Crippen molar-refractivity contribution >= 4 is 17.5 Å². The fraction of sp³-hybridized carbons (Fsp3) is 0.455. The van der Waals surface area contributed by atoms with Crippen molar-refractivity contribution in [3.63, 3.8) is 0 Å². The summed E-state index contributed by atoms with van der Waals surface area (Å²) in [5.41, 5.74) is -1.37. The molecule has 150 valence electrons. The molecule has 1 aromatic carbocycles. The second-order valence-electron chi connectivity index (χ2n) is 6.73. The van der Waals surface area contributed by atoms with Gasteiger partial charge in [-0.2, -0.15) is 0 Å². The quantitative estimate of drug-likeness (QED) is 0.636. The Morgan fingerprint density at radius 2 is 2.11 bits per heavy atom. The van der Waals surface area contributed by atoms with Crippen LogP contribution in [0.3, 0.4) is 0 Å². The van der Waals surface area contributed by atoms with Crippen molar-refractivity contribution in [2.45, 2.75) is 51.1 Å². The third-order valence-corrected chi connectivity index (χ3v) is 4.94. The van der Waals surface area contributed by atoms with Crippen molar-refractivity contribution in [2.24, 2.45) is 0 Å². The summed E-state index contributed by atoms with van der Waals surface area (Å²) in [6.45, 7) is -3.86. The molecule has 3 nitrogen and oxygen atoms in total. The molecule has 1 fully saturated rings. The summed E-state index contributed by atoms with van der Waals surface area (Å²) < 4.78 is 77.7. The SMILES string of the molecule is [2H]C([2H])(C)c1ccc(CCCC2(F)CC([2H])([2H])N(C(=O)c3ccc(F)c(Cl)c3)C([2H])([2H])C2)nc1. The minimum Gasteiger partial charge on any atom is -0.338 e. The van der Waals surface area contributed by atoms with Crippen LogP contribution >= 0.6 is 11.6 Å². The van der Waals surface area contributed by atoms with Crippen LogP contribution in [0.1, 0.15) is 62.4 Å². The Labute approximate surface area is 178 Å². The molecule has 1 saturated heterocycles. The van der Waals surface area contributed by atoms with Crippen molar-refractivity contribution in [1.29, 1.82) is 0 Å². The van der Waals surface area contributed by atoms with Gasteiger partial charge in [0.2, 0.25) is 0 Å². The largest absolute Gasteiger partial charge is 0.338 e. The summed E-state index contributed by atoms with van der Waals surface area (Å²) in [5, 5.41) is -0.361. The number of piperidine rings is 1. The van der Waals surface area contributed by atoms with Crippen LogP contribution in [0.15, 0.2) is 36.5 Å². The van der Waals surface area contributed by atoms with Crippen LogP contribution in [-0.4, -0.2) is 34.5 Å². The number of halogens is 3. The van der Waals surface area contributed by atoms with Crippen LogP contribution in [0.5, 0.6) is 0 Å². The maximum atomic E-state index is 15.7. The molecule has 1 amide bonds. The molecule has 0 radical (unpaired) electrons. The highest BCUT2D eigenvalue weighted by atomic mass is 35.5. The number of aromatic nitrogens is 1. The van der Waals surface area contributed by atoms with Gasteiger partial charge in [-0.15, -0.1) is 0 Å². The number of carbonyl (C=O) groups excluding carboxylic acids is 1. The van der Waals surface area contributed by atoms with Crippen molar-refractivity contribution in [3.8, 4) is 0 Å². The number of alkyl halides is 1. The van der Waals surface area contributed by atoms with Gasteiger partial charge in [-0.25, -0.2) is 8.78 Å². The lowest BCUT2D eigenvalue weighted by Gasteiger charge is -2.36. The van der Waals surface area contributed by atoms with Gasteiger partial charge in [-0.3, -0.25) is 9.78 Å². The number of hydrogen-bond acceptors (Lipinski definition) is 2. The third-order valence-electron chi connectivity index (χ3n) is 4.65. The first kappa shape index (κ1) is 14.0. The Kier molecular flexibility index (Phi) is 4.51. The first-order chi connectivity index (χ1) is 15.5. The Hall–Kier alpha value is -2.01. The van der Waals surface area contributed by atoms with E-state index >= 15 is 4.39 Å². The van der Waals surface area contributed by atoms with Gasteiger partial charge in [-0.05, 0) is 68.3 Å². The van der Waals surface area contributed by atoms with E-state index in [-0.39, 0.29) is 23.4 Å². The van der Waals surface area contributed by atoms with Crippen molar-refractivity contribution in [1.82, 2.24) is 9.88 Å². The first-order valence-corrected chi connectivity index (χ1v) is 9.36. The fourth-order valence-corrected chi connectivity index (χ4v) is 3.13. The number of nitrogens with zero attached hydrogens (tertiary/aromatic N) is 2. The van der Waals surface area contributed by atoms with Crippen LogP contribution in [0.25, 0.3) is 0 Å². The Morgan fingerprint density at radius 3 is 2.71 bits per heavy atom. The molecular weight excluding hydrogens is 382 g/mol. The zero-order chi connectivity index (χ0) is 25.5. The van der Waals surface area contributed by atoms with Gasteiger partial charge in [0.15, 0.2) is 0 Å². The zero-order valence-electron chi connectivity index (χ0n) is 21.4. The number of carbonyl (C=O) groups is 1. The Balaban J connectivity index is 1.71. The molecule has 28 heavy (non-hydrogen) atoms. The van der Waals surface area contributed by atoms with Gasteiger partial charge < -0.3 is 4.90 Å². The Bertz CT molecular complexity index is 1040. The molecule has 3 rings (SSSR count). The molecule has 0 aliphatic carbocycles. The van der Waals surface area contributed by atoms with E-state index < -0.39 is 49.6 Å². The minimum absolute atomic E-state index is 0.144. The molecule has 0 atom stereocenters. The van der Waals surface area contributed by atoms with E-state index in [1.165, 1.54) is 13.1 Å². The highest BCUT2D eigenvalue weighted by Gasteiger charge is 2.35. The monoisotopic (exact) mass is 412 g/mol. The van der Waals surface area contributed by atoms with Gasteiger partial charge in [0.05, 0.1) is 5.02 Å². The molecule has 1 aromatic heterocycles. The average Bonchev–Trinajstić information content (AvgIpc) is 2.67. The van der Waals surface area contributed by atoms with E-state index in [1.54, 1.807) is 12.1 Å². The molecule has 1 aliphatic rings. The summed E-state index contributed by atoms with van der Waals surface area (Å²) in [5.74, 6) is -1.82. The molecule has 6 heteroatoms. The Morgan fingerprint density at radius 1 is 1.36 bits per heavy atom. The van der Waals surface area contributed by atoms with E-state index in [0.717, 1.165) is 18.2 Å².